The number of hydrogen-bond acceptors (Lipinski definition) is 4. The molecule has 0 spiro atoms. The lowest BCUT2D eigenvalue weighted by molar-refractivity contribution is 0.140. The van der Waals surface area contributed by atoms with Crippen molar-refractivity contribution in [1.29, 1.82) is 0 Å². The van der Waals surface area contributed by atoms with Crippen molar-refractivity contribution in [3.8, 4) is 5.75 Å². The second kappa shape index (κ2) is 12.1. The Bertz CT molecular complexity index is 587. The van der Waals surface area contributed by atoms with Crippen LogP contribution >= 0.6 is 11.6 Å². The van der Waals surface area contributed by atoms with E-state index in [9.17, 15) is 0 Å². The van der Waals surface area contributed by atoms with E-state index in [0.717, 1.165) is 69.1 Å². The SMILES string of the molecule is CCNC(=NCC(C)CN1CCN(C)CC1)N(C)CCOc1ccc(Cl)cc1. The third-order valence-electron chi connectivity index (χ3n) is 4.92. The molecule has 1 aliphatic rings. The van der Waals surface area contributed by atoms with Gasteiger partial charge in [-0.3, -0.25) is 4.99 Å². The van der Waals surface area contributed by atoms with Gasteiger partial charge in [-0.2, -0.15) is 0 Å². The molecule has 6 nitrogen and oxygen atoms in total. The molecule has 1 fully saturated rings. The zero-order valence-corrected chi connectivity index (χ0v) is 18.6. The highest BCUT2D eigenvalue weighted by molar-refractivity contribution is 6.30. The molecule has 0 saturated carbocycles. The summed E-state index contributed by atoms with van der Waals surface area (Å²) in [5, 5.41) is 4.11. The van der Waals surface area contributed by atoms with Crippen LogP contribution in [0.5, 0.6) is 5.75 Å². The highest BCUT2D eigenvalue weighted by Crippen LogP contribution is 2.15. The predicted molar refractivity (Wildman–Crippen MR) is 119 cm³/mol. The first-order valence-electron chi connectivity index (χ1n) is 10.3. The summed E-state index contributed by atoms with van der Waals surface area (Å²) in [6.45, 7) is 13.2. The second-order valence-corrected chi connectivity index (χ2v) is 8.06. The van der Waals surface area contributed by atoms with Gasteiger partial charge in [0.05, 0.1) is 6.54 Å². The van der Waals surface area contributed by atoms with Crippen LogP contribution in [0, 0.1) is 5.92 Å². The summed E-state index contributed by atoms with van der Waals surface area (Å²) in [7, 11) is 4.25. The van der Waals surface area contributed by atoms with Crippen molar-refractivity contribution in [1.82, 2.24) is 20.0 Å². The van der Waals surface area contributed by atoms with Gasteiger partial charge in [0.1, 0.15) is 12.4 Å². The van der Waals surface area contributed by atoms with Gasteiger partial charge in [-0.05, 0) is 44.2 Å². The molecular formula is C21H36ClN5O. The third kappa shape index (κ3) is 8.25. The van der Waals surface area contributed by atoms with Crippen LogP contribution in [-0.4, -0.2) is 93.7 Å². The summed E-state index contributed by atoms with van der Waals surface area (Å²) in [5.74, 6) is 2.31. The summed E-state index contributed by atoms with van der Waals surface area (Å²) >= 11 is 5.91. The van der Waals surface area contributed by atoms with Crippen LogP contribution in [0.25, 0.3) is 0 Å². The van der Waals surface area contributed by atoms with Crippen LogP contribution in [0.1, 0.15) is 13.8 Å². The van der Waals surface area contributed by atoms with Crippen molar-refractivity contribution >= 4 is 17.6 Å². The summed E-state index contributed by atoms with van der Waals surface area (Å²) < 4.78 is 5.80. The lowest BCUT2D eigenvalue weighted by atomic mass is 10.1. The van der Waals surface area contributed by atoms with Gasteiger partial charge in [0, 0.05) is 57.9 Å². The number of rotatable bonds is 9. The highest BCUT2D eigenvalue weighted by atomic mass is 35.5. The topological polar surface area (TPSA) is 43.3 Å². The fourth-order valence-corrected chi connectivity index (χ4v) is 3.30. The summed E-state index contributed by atoms with van der Waals surface area (Å²) in [6.07, 6.45) is 0. The molecular weight excluding hydrogens is 374 g/mol. The van der Waals surface area contributed by atoms with E-state index >= 15 is 0 Å². The number of ether oxygens (including phenoxy) is 1. The van der Waals surface area contributed by atoms with Crippen LogP contribution in [0.15, 0.2) is 29.3 Å². The highest BCUT2D eigenvalue weighted by Gasteiger charge is 2.16. The zero-order chi connectivity index (χ0) is 20.4. The van der Waals surface area contributed by atoms with Gasteiger partial charge >= 0.3 is 0 Å². The molecule has 7 heteroatoms. The Balaban J connectivity index is 1.76. The van der Waals surface area contributed by atoms with Crippen LogP contribution in [0.2, 0.25) is 5.02 Å². The van der Waals surface area contributed by atoms with Gasteiger partial charge in [0.25, 0.3) is 0 Å². The maximum atomic E-state index is 5.91. The quantitative estimate of drug-likeness (QED) is 0.501. The molecule has 1 aliphatic heterocycles. The third-order valence-corrected chi connectivity index (χ3v) is 5.18. The Labute approximate surface area is 175 Å². The van der Waals surface area contributed by atoms with E-state index in [1.165, 1.54) is 0 Å². The number of benzene rings is 1. The Morgan fingerprint density at radius 1 is 1.25 bits per heavy atom. The van der Waals surface area contributed by atoms with Crippen molar-refractivity contribution in [2.75, 3.05) is 73.1 Å². The van der Waals surface area contributed by atoms with E-state index in [-0.39, 0.29) is 0 Å². The molecule has 0 radical (unpaired) electrons. The van der Waals surface area contributed by atoms with Crippen LogP contribution < -0.4 is 10.1 Å². The maximum Gasteiger partial charge on any atom is 0.193 e. The molecule has 1 unspecified atom stereocenters. The van der Waals surface area contributed by atoms with Gasteiger partial charge in [-0.15, -0.1) is 0 Å². The number of guanidine groups is 1. The van der Waals surface area contributed by atoms with Gasteiger partial charge in [0.15, 0.2) is 5.96 Å². The molecule has 1 saturated heterocycles. The Kier molecular flexibility index (Phi) is 9.88. The van der Waals surface area contributed by atoms with Crippen LogP contribution in [0.4, 0.5) is 0 Å². The standard InChI is InChI=1S/C21H36ClN5O/c1-5-23-21(24-16-18(2)17-27-12-10-25(3)11-13-27)26(4)14-15-28-20-8-6-19(22)7-9-20/h6-9,18H,5,10-17H2,1-4H3,(H,23,24). The predicted octanol–water partition coefficient (Wildman–Crippen LogP) is 2.50. The lowest BCUT2D eigenvalue weighted by Crippen LogP contribution is -2.46. The van der Waals surface area contributed by atoms with E-state index in [1.807, 2.05) is 24.3 Å². The van der Waals surface area contributed by atoms with E-state index < -0.39 is 0 Å². The number of halogens is 1. The largest absolute Gasteiger partial charge is 0.492 e. The van der Waals surface area contributed by atoms with Crippen molar-refractivity contribution in [2.45, 2.75) is 13.8 Å². The number of piperazine rings is 1. The Hall–Kier alpha value is -1.50. The number of hydrogen-bond donors (Lipinski definition) is 1. The molecule has 1 atom stereocenters. The van der Waals surface area contributed by atoms with Gasteiger partial charge in [-0.25, -0.2) is 0 Å². The summed E-state index contributed by atoms with van der Waals surface area (Å²) in [5.41, 5.74) is 0. The Morgan fingerprint density at radius 2 is 1.93 bits per heavy atom. The monoisotopic (exact) mass is 409 g/mol. The fraction of sp³-hybridized carbons (Fsp3) is 0.667. The minimum Gasteiger partial charge on any atom is -0.492 e. The van der Waals surface area contributed by atoms with Crippen molar-refractivity contribution in [2.24, 2.45) is 10.9 Å². The van der Waals surface area contributed by atoms with Crippen molar-refractivity contribution < 1.29 is 4.74 Å². The molecule has 0 amide bonds. The van der Waals surface area contributed by atoms with Gasteiger partial charge in [0.2, 0.25) is 0 Å². The van der Waals surface area contributed by atoms with E-state index in [0.29, 0.717) is 12.5 Å². The molecule has 1 aromatic carbocycles. The van der Waals surface area contributed by atoms with Crippen LogP contribution in [0.3, 0.4) is 0 Å². The average molecular weight is 410 g/mol. The number of likely N-dealkylation sites (N-methyl/N-ethyl adjacent to an activating group) is 2. The lowest BCUT2D eigenvalue weighted by Gasteiger charge is -2.33. The summed E-state index contributed by atoms with van der Waals surface area (Å²) in [6, 6.07) is 7.46. The minimum atomic E-state index is 0.538. The van der Waals surface area contributed by atoms with Gasteiger partial charge in [-0.1, -0.05) is 18.5 Å². The molecule has 1 heterocycles. The minimum absolute atomic E-state index is 0.538. The average Bonchev–Trinajstić information content (AvgIpc) is 2.68. The zero-order valence-electron chi connectivity index (χ0n) is 17.8. The number of nitrogens with zero attached hydrogens (tertiary/aromatic N) is 4. The van der Waals surface area contributed by atoms with Crippen LogP contribution in [-0.2, 0) is 0 Å². The fourth-order valence-electron chi connectivity index (χ4n) is 3.18. The first kappa shape index (κ1) is 22.8. The van der Waals surface area contributed by atoms with Crippen molar-refractivity contribution in [3.05, 3.63) is 29.3 Å². The van der Waals surface area contributed by atoms with Crippen molar-refractivity contribution in [3.63, 3.8) is 0 Å². The molecule has 158 valence electrons. The molecule has 0 bridgehead atoms. The smallest absolute Gasteiger partial charge is 0.193 e. The van der Waals surface area contributed by atoms with E-state index in [4.69, 9.17) is 21.3 Å². The normalized spacial score (nSPS) is 17.4. The second-order valence-electron chi connectivity index (χ2n) is 7.63. The van der Waals surface area contributed by atoms with Gasteiger partial charge < -0.3 is 24.8 Å². The summed E-state index contributed by atoms with van der Waals surface area (Å²) in [4.78, 5) is 11.9. The Morgan fingerprint density at radius 3 is 2.57 bits per heavy atom. The molecule has 1 aromatic rings. The molecule has 0 aliphatic carbocycles. The van der Waals surface area contributed by atoms with E-state index in [1.54, 1.807) is 0 Å². The number of aliphatic imine (C=N–C) groups is 1. The molecule has 2 rings (SSSR count). The molecule has 1 N–H and O–H groups in total. The maximum absolute atomic E-state index is 5.91. The molecule has 0 aromatic heterocycles. The number of nitrogens with one attached hydrogen (secondary N) is 1. The first-order valence-corrected chi connectivity index (χ1v) is 10.6. The first-order chi connectivity index (χ1) is 13.5. The molecule has 28 heavy (non-hydrogen) atoms. The van der Waals surface area contributed by atoms with E-state index in [2.05, 4.69) is 48.0 Å².